The van der Waals surface area contributed by atoms with E-state index < -0.39 is 21.9 Å². The number of hydrogen-bond donors (Lipinski definition) is 3. The van der Waals surface area contributed by atoms with Gasteiger partial charge < -0.3 is 26.6 Å². The van der Waals surface area contributed by atoms with Gasteiger partial charge in [-0.1, -0.05) is 11.6 Å². The van der Waals surface area contributed by atoms with Crippen LogP contribution >= 0.6 is 11.6 Å². The van der Waals surface area contributed by atoms with E-state index >= 15 is 8.78 Å². The number of hydrogen-bond acceptors (Lipinski definition) is 8. The Morgan fingerprint density at radius 2 is 1.63 bits per heavy atom. The number of nitrogens with two attached hydrogens (primary N) is 2. The Hall–Kier alpha value is -2.91. The molecule has 1 aromatic carbocycles. The molecule has 15 heteroatoms. The zero-order chi connectivity index (χ0) is 32.8. The number of pyridine rings is 1. The lowest BCUT2D eigenvalue weighted by molar-refractivity contribution is -0.129. The normalized spacial score (nSPS) is 27.8. The Morgan fingerprint density at radius 1 is 0.978 bits per heavy atom. The summed E-state index contributed by atoms with van der Waals surface area (Å²) in [6.07, 6.45) is 3.06. The molecular formula is C31H40ClF2N7O4S. The maximum absolute atomic E-state index is 15.8. The van der Waals surface area contributed by atoms with Gasteiger partial charge in [-0.2, -0.15) is 4.31 Å². The molecule has 11 nitrogen and oxygen atoms in total. The molecule has 4 aliphatic rings. The molecule has 0 unspecified atom stereocenters. The SMILES string of the molecule is N[C@@H]1CC(=O)N(c2ccc(S(=O)(=O)N3CCN(c4cc(C(F)(F)C5CCC(NC(=O)[C@H]6C[C@H](N)C6)CC5)cc(Cl)n4)CC3)cc2)C1. The minimum absolute atomic E-state index is 0.0333. The third-order valence-corrected chi connectivity index (χ3v) is 11.9. The fraction of sp³-hybridized carbons (Fsp3) is 0.581. The highest BCUT2D eigenvalue weighted by molar-refractivity contribution is 7.89. The molecule has 1 atom stereocenters. The van der Waals surface area contributed by atoms with Crippen molar-refractivity contribution in [2.75, 3.05) is 42.5 Å². The van der Waals surface area contributed by atoms with Crippen LogP contribution in [-0.4, -0.2) is 80.4 Å². The van der Waals surface area contributed by atoms with Crippen molar-refractivity contribution in [1.82, 2.24) is 14.6 Å². The third kappa shape index (κ3) is 6.73. The molecule has 5 N–H and O–H groups in total. The number of piperazine rings is 1. The van der Waals surface area contributed by atoms with Crippen molar-refractivity contribution in [3.8, 4) is 0 Å². The molecule has 0 bridgehead atoms. The van der Waals surface area contributed by atoms with Crippen LogP contribution in [0.1, 0.15) is 50.5 Å². The number of carbonyl (C=O) groups excluding carboxylic acids is 2. The van der Waals surface area contributed by atoms with Crippen molar-refractivity contribution in [1.29, 1.82) is 0 Å². The average Bonchev–Trinajstić information content (AvgIpc) is 3.36. The van der Waals surface area contributed by atoms with E-state index in [-0.39, 0.29) is 103 Å². The van der Waals surface area contributed by atoms with Crippen LogP contribution in [-0.2, 0) is 25.5 Å². The van der Waals surface area contributed by atoms with E-state index in [1.165, 1.54) is 28.6 Å². The highest BCUT2D eigenvalue weighted by Gasteiger charge is 2.44. The number of nitrogens with zero attached hydrogens (tertiary/aromatic N) is 4. The van der Waals surface area contributed by atoms with E-state index in [0.29, 0.717) is 37.9 Å². The summed E-state index contributed by atoms with van der Waals surface area (Å²) in [5, 5.41) is 2.96. The van der Waals surface area contributed by atoms with Crippen LogP contribution in [0.4, 0.5) is 20.3 Å². The van der Waals surface area contributed by atoms with Gasteiger partial charge in [0.2, 0.25) is 21.8 Å². The Labute approximate surface area is 272 Å². The molecule has 250 valence electrons. The van der Waals surface area contributed by atoms with Gasteiger partial charge in [-0.3, -0.25) is 9.59 Å². The molecule has 0 radical (unpaired) electrons. The average molecular weight is 680 g/mol. The quantitative estimate of drug-likeness (QED) is 0.360. The molecule has 1 aromatic heterocycles. The lowest BCUT2D eigenvalue weighted by atomic mass is 9.78. The predicted octanol–water partition coefficient (Wildman–Crippen LogP) is 2.81. The van der Waals surface area contributed by atoms with Gasteiger partial charge in [0.05, 0.1) is 4.90 Å². The summed E-state index contributed by atoms with van der Waals surface area (Å²) in [6.45, 7) is 1.13. The molecule has 2 aliphatic carbocycles. The summed E-state index contributed by atoms with van der Waals surface area (Å²) in [5.74, 6) is -3.99. The number of halogens is 3. The molecule has 2 saturated heterocycles. The molecule has 2 aliphatic heterocycles. The molecule has 3 heterocycles. The Kier molecular flexibility index (Phi) is 9.29. The number of benzene rings is 1. The van der Waals surface area contributed by atoms with Crippen molar-refractivity contribution in [3.63, 3.8) is 0 Å². The van der Waals surface area contributed by atoms with E-state index in [1.54, 1.807) is 21.9 Å². The van der Waals surface area contributed by atoms with Gasteiger partial charge in [0.25, 0.3) is 5.92 Å². The second-order valence-corrected chi connectivity index (χ2v) is 15.3. The molecule has 2 saturated carbocycles. The maximum atomic E-state index is 15.8. The van der Waals surface area contributed by atoms with Gasteiger partial charge in [-0.05, 0) is 74.9 Å². The van der Waals surface area contributed by atoms with Crippen LogP contribution in [0.3, 0.4) is 0 Å². The van der Waals surface area contributed by atoms with Gasteiger partial charge in [0.1, 0.15) is 11.0 Å². The van der Waals surface area contributed by atoms with Crippen molar-refractivity contribution in [3.05, 3.63) is 47.1 Å². The molecular weight excluding hydrogens is 640 g/mol. The lowest BCUT2D eigenvalue weighted by Crippen LogP contribution is -2.49. The van der Waals surface area contributed by atoms with Crippen LogP contribution in [0.5, 0.6) is 0 Å². The van der Waals surface area contributed by atoms with E-state index in [1.807, 2.05) is 0 Å². The smallest absolute Gasteiger partial charge is 0.276 e. The summed E-state index contributed by atoms with van der Waals surface area (Å²) in [5.41, 5.74) is 12.0. The van der Waals surface area contributed by atoms with E-state index in [0.717, 1.165) is 0 Å². The second kappa shape index (κ2) is 12.9. The van der Waals surface area contributed by atoms with Crippen LogP contribution in [0.15, 0.2) is 41.3 Å². The number of carbonyl (C=O) groups is 2. The molecule has 4 fully saturated rings. The second-order valence-electron chi connectivity index (χ2n) is 13.0. The molecule has 2 aromatic rings. The van der Waals surface area contributed by atoms with E-state index in [9.17, 15) is 18.0 Å². The molecule has 6 rings (SSSR count). The first-order valence-corrected chi connectivity index (χ1v) is 17.7. The summed E-state index contributed by atoms with van der Waals surface area (Å²) < 4.78 is 59.8. The first-order valence-electron chi connectivity index (χ1n) is 15.8. The Bertz CT molecular complexity index is 1560. The van der Waals surface area contributed by atoms with Gasteiger partial charge in [0, 0.05) is 80.4 Å². The number of alkyl halides is 2. The number of sulfonamides is 1. The maximum Gasteiger partial charge on any atom is 0.276 e. The van der Waals surface area contributed by atoms with Crippen molar-refractivity contribution in [2.45, 2.75) is 73.9 Å². The van der Waals surface area contributed by atoms with Gasteiger partial charge >= 0.3 is 0 Å². The highest BCUT2D eigenvalue weighted by Crippen LogP contribution is 2.45. The number of amides is 2. The number of anilines is 2. The lowest BCUT2D eigenvalue weighted by Gasteiger charge is -2.37. The van der Waals surface area contributed by atoms with Crippen LogP contribution in [0.25, 0.3) is 0 Å². The Balaban J connectivity index is 1.06. The first kappa shape index (κ1) is 33.0. The molecule has 2 amide bonds. The number of aromatic nitrogens is 1. The Morgan fingerprint density at radius 3 is 2.22 bits per heavy atom. The summed E-state index contributed by atoms with van der Waals surface area (Å²) in [4.78, 5) is 32.3. The standard InChI is InChI=1S/C31H40ClF2N7O4S/c32-27-15-21(31(33,34)20-1-3-24(4-2-20)37-30(43)19-13-22(35)14-19)16-28(38-27)39-9-11-40(12-10-39)46(44,45)26-7-5-25(6-8-26)41-18-23(36)17-29(41)42/h5-8,15-16,19-20,22-24H,1-4,9-14,17-18,35-36H2,(H,37,43)/t19-,20?,22-,23-,24?/m1/s1. The monoisotopic (exact) mass is 679 g/mol. The fourth-order valence-electron chi connectivity index (χ4n) is 6.96. The van der Waals surface area contributed by atoms with Gasteiger partial charge in [-0.25, -0.2) is 22.2 Å². The van der Waals surface area contributed by atoms with Crippen molar-refractivity contribution >= 4 is 44.9 Å². The zero-order valence-corrected chi connectivity index (χ0v) is 27.0. The largest absolute Gasteiger partial charge is 0.354 e. The van der Waals surface area contributed by atoms with Crippen LogP contribution in [0, 0.1) is 11.8 Å². The van der Waals surface area contributed by atoms with Crippen molar-refractivity contribution < 1.29 is 26.8 Å². The van der Waals surface area contributed by atoms with Gasteiger partial charge in [0.15, 0.2) is 0 Å². The van der Waals surface area contributed by atoms with Crippen LogP contribution < -0.4 is 26.6 Å². The molecule has 46 heavy (non-hydrogen) atoms. The number of nitrogens with one attached hydrogen (secondary N) is 1. The minimum atomic E-state index is -3.82. The van der Waals surface area contributed by atoms with E-state index in [4.69, 9.17) is 23.1 Å². The third-order valence-electron chi connectivity index (χ3n) is 9.80. The number of rotatable bonds is 8. The summed E-state index contributed by atoms with van der Waals surface area (Å²) >= 11 is 6.25. The fourth-order valence-corrected chi connectivity index (χ4v) is 8.58. The molecule has 0 spiro atoms. The van der Waals surface area contributed by atoms with Crippen molar-refractivity contribution in [2.24, 2.45) is 23.3 Å². The van der Waals surface area contributed by atoms with E-state index in [2.05, 4.69) is 10.3 Å². The topological polar surface area (TPSA) is 155 Å². The van der Waals surface area contributed by atoms with Gasteiger partial charge in [-0.15, -0.1) is 0 Å². The first-order chi connectivity index (χ1) is 21.8. The van der Waals surface area contributed by atoms with Crippen LogP contribution in [0.2, 0.25) is 5.15 Å². The zero-order valence-electron chi connectivity index (χ0n) is 25.5. The minimum Gasteiger partial charge on any atom is -0.354 e. The summed E-state index contributed by atoms with van der Waals surface area (Å²) in [6, 6.07) is 8.42. The highest BCUT2D eigenvalue weighted by atomic mass is 35.5. The predicted molar refractivity (Wildman–Crippen MR) is 170 cm³/mol. The summed E-state index contributed by atoms with van der Waals surface area (Å²) in [7, 11) is -3.82.